The Balaban J connectivity index is 1.03. The van der Waals surface area contributed by atoms with Gasteiger partial charge in [0, 0.05) is 61.7 Å². The Morgan fingerprint density at radius 3 is 0.983 bits per heavy atom. The van der Waals surface area contributed by atoms with Crippen molar-refractivity contribution in [1.29, 1.82) is 0 Å². The van der Waals surface area contributed by atoms with E-state index in [1.54, 1.807) is 0 Å². The van der Waals surface area contributed by atoms with Crippen LogP contribution in [0.5, 0.6) is 0 Å². The van der Waals surface area contributed by atoms with Crippen molar-refractivity contribution in [2.24, 2.45) is 0 Å². The lowest BCUT2D eigenvalue weighted by Gasteiger charge is -2.28. The van der Waals surface area contributed by atoms with Crippen LogP contribution >= 0.6 is 11.8 Å². The van der Waals surface area contributed by atoms with Crippen molar-refractivity contribution in [1.82, 2.24) is 19.1 Å². The van der Waals surface area contributed by atoms with E-state index in [1.165, 1.54) is 55.4 Å². The van der Waals surface area contributed by atoms with E-state index >= 15 is 0 Å². The quantitative estimate of drug-likeness (QED) is 0.108. The lowest BCUT2D eigenvalue weighted by molar-refractivity contribution is 0.944. The van der Waals surface area contributed by atoms with Gasteiger partial charge in [-0.3, -0.25) is 9.80 Å². The van der Waals surface area contributed by atoms with E-state index in [-0.39, 0.29) is 0 Å². The van der Waals surface area contributed by atoms with Crippen LogP contribution in [-0.2, 0) is 0 Å². The third-order valence-electron chi connectivity index (χ3n) is 11.2. The molecule has 60 heavy (non-hydrogen) atoms. The first-order valence-electron chi connectivity index (χ1n) is 20.0. The number of rotatable bonds is 9. The molecule has 6 nitrogen and oxygen atoms in total. The molecule has 11 rings (SSSR count). The van der Waals surface area contributed by atoms with Crippen LogP contribution in [0, 0.1) is 0 Å². The monoisotopic (exact) mass is 790 g/mol. The van der Waals surface area contributed by atoms with Gasteiger partial charge in [0.05, 0.1) is 22.1 Å². The van der Waals surface area contributed by atoms with Crippen LogP contribution in [0.25, 0.3) is 55.0 Å². The van der Waals surface area contributed by atoms with Gasteiger partial charge in [-0.1, -0.05) is 121 Å². The predicted octanol–water partition coefficient (Wildman–Crippen LogP) is 14.3. The van der Waals surface area contributed by atoms with E-state index < -0.39 is 0 Å². The first-order chi connectivity index (χ1) is 29.7. The fraction of sp³-hybridized carbons (Fsp3) is 0.0189. The maximum atomic E-state index is 5.18. The molecule has 11 aromatic rings. The molecule has 286 valence electrons. The minimum Gasteiger partial charge on any atom is -0.309 e. The molecule has 7 heteroatoms. The second kappa shape index (κ2) is 15.0. The second-order valence-electron chi connectivity index (χ2n) is 14.7. The van der Waals surface area contributed by atoms with E-state index in [4.69, 9.17) is 9.97 Å². The second-order valence-corrected chi connectivity index (χ2v) is 15.5. The topological polar surface area (TPSA) is 42.1 Å². The normalized spacial score (nSPS) is 11.5. The predicted molar refractivity (Wildman–Crippen MR) is 252 cm³/mol. The molecule has 0 saturated carbocycles. The number of thioether (sulfide) groups is 1. The van der Waals surface area contributed by atoms with E-state index in [0.29, 0.717) is 5.16 Å². The average molecular weight is 791 g/mol. The lowest BCUT2D eigenvalue weighted by Crippen LogP contribution is -2.16. The van der Waals surface area contributed by atoms with E-state index in [9.17, 15) is 0 Å². The Labute approximate surface area is 352 Å². The number of fused-ring (bicyclic) bond motifs is 6. The summed E-state index contributed by atoms with van der Waals surface area (Å²) in [4.78, 5) is 14.8. The van der Waals surface area contributed by atoms with Gasteiger partial charge in [-0.05, 0) is 103 Å². The number of para-hydroxylation sites is 6. The molecule has 0 fully saturated rings. The van der Waals surface area contributed by atoms with E-state index in [1.807, 2.05) is 18.4 Å². The summed E-state index contributed by atoms with van der Waals surface area (Å²) in [6.45, 7) is 0. The molecule has 0 saturated heterocycles. The largest absolute Gasteiger partial charge is 0.309 e. The van der Waals surface area contributed by atoms with Gasteiger partial charge in [0.15, 0.2) is 5.16 Å². The van der Waals surface area contributed by atoms with Crippen molar-refractivity contribution in [3.63, 3.8) is 0 Å². The molecule has 0 spiro atoms. The minimum absolute atomic E-state index is 0.674. The zero-order chi connectivity index (χ0) is 40.0. The summed E-state index contributed by atoms with van der Waals surface area (Å²) in [6.07, 6.45) is 2.03. The van der Waals surface area contributed by atoms with Gasteiger partial charge in [0.1, 0.15) is 11.6 Å². The van der Waals surface area contributed by atoms with Crippen molar-refractivity contribution in [3.8, 4) is 11.4 Å². The maximum Gasteiger partial charge on any atom is 0.191 e. The van der Waals surface area contributed by atoms with Crippen molar-refractivity contribution in [3.05, 3.63) is 212 Å². The fourth-order valence-corrected chi connectivity index (χ4v) is 8.98. The summed E-state index contributed by atoms with van der Waals surface area (Å²) in [5.74, 6) is 1.53. The van der Waals surface area contributed by atoms with Gasteiger partial charge in [0.25, 0.3) is 0 Å². The molecule has 0 radical (unpaired) electrons. The summed E-state index contributed by atoms with van der Waals surface area (Å²) in [6, 6.07) is 75.0. The van der Waals surface area contributed by atoms with Gasteiger partial charge in [0.2, 0.25) is 0 Å². The zero-order valence-corrected chi connectivity index (χ0v) is 33.6. The number of aromatic nitrogens is 4. The van der Waals surface area contributed by atoms with Crippen LogP contribution in [0.2, 0.25) is 0 Å². The third-order valence-corrected chi connectivity index (χ3v) is 11.8. The van der Waals surface area contributed by atoms with Gasteiger partial charge in [-0.15, -0.1) is 0 Å². The molecule has 0 aliphatic rings. The Kier molecular flexibility index (Phi) is 8.86. The molecule has 8 aromatic carbocycles. The number of nitrogens with zero attached hydrogens (tertiary/aromatic N) is 6. The molecule has 0 bridgehead atoms. The summed E-state index contributed by atoms with van der Waals surface area (Å²) in [7, 11) is 0. The molecule has 0 aliphatic heterocycles. The van der Waals surface area contributed by atoms with Crippen molar-refractivity contribution in [2.45, 2.75) is 5.16 Å². The molecule has 3 heterocycles. The molecular weight excluding hydrogens is 753 g/mol. The fourth-order valence-electron chi connectivity index (χ4n) is 8.61. The minimum atomic E-state index is 0.674. The van der Waals surface area contributed by atoms with Crippen LogP contribution in [-0.4, -0.2) is 25.4 Å². The van der Waals surface area contributed by atoms with Gasteiger partial charge < -0.3 is 9.13 Å². The molecular formula is C53H38N6S. The number of benzene rings is 8. The molecule has 3 aromatic heterocycles. The highest BCUT2D eigenvalue weighted by molar-refractivity contribution is 7.98. The Morgan fingerprint density at radius 1 is 0.350 bits per heavy atom. The molecule has 0 atom stereocenters. The Morgan fingerprint density at radius 2 is 0.650 bits per heavy atom. The van der Waals surface area contributed by atoms with Crippen LogP contribution < -0.4 is 9.80 Å². The van der Waals surface area contributed by atoms with Crippen molar-refractivity contribution < 1.29 is 0 Å². The Hall–Kier alpha value is -7.61. The van der Waals surface area contributed by atoms with Gasteiger partial charge in [-0.25, -0.2) is 9.97 Å². The third kappa shape index (κ3) is 6.06. The number of hydrogen-bond donors (Lipinski definition) is 0. The molecule has 0 N–H and O–H groups in total. The Bertz CT molecular complexity index is 2980. The first kappa shape index (κ1) is 35.5. The maximum absolute atomic E-state index is 5.18. The molecule has 0 amide bonds. The first-order valence-corrected chi connectivity index (χ1v) is 21.3. The van der Waals surface area contributed by atoms with E-state index in [2.05, 4.69) is 219 Å². The summed E-state index contributed by atoms with van der Waals surface area (Å²) in [5.41, 5.74) is 10.9. The highest BCUT2D eigenvalue weighted by Gasteiger charge is 2.22. The van der Waals surface area contributed by atoms with Crippen molar-refractivity contribution in [2.75, 3.05) is 16.1 Å². The van der Waals surface area contributed by atoms with Crippen LogP contribution in [0.3, 0.4) is 0 Å². The number of anilines is 6. The summed E-state index contributed by atoms with van der Waals surface area (Å²) in [5, 5.41) is 5.64. The lowest BCUT2D eigenvalue weighted by atomic mass is 10.2. The molecule has 0 unspecified atom stereocenters. The van der Waals surface area contributed by atoms with Crippen LogP contribution in [0.1, 0.15) is 0 Å². The van der Waals surface area contributed by atoms with Crippen LogP contribution in [0.4, 0.5) is 34.4 Å². The van der Waals surface area contributed by atoms with E-state index in [0.717, 1.165) is 45.8 Å². The average Bonchev–Trinajstić information content (AvgIpc) is 3.84. The number of hydrogen-bond acceptors (Lipinski definition) is 5. The zero-order valence-electron chi connectivity index (χ0n) is 32.8. The van der Waals surface area contributed by atoms with Crippen molar-refractivity contribution >= 4 is 89.8 Å². The highest BCUT2D eigenvalue weighted by Crippen LogP contribution is 2.41. The summed E-state index contributed by atoms with van der Waals surface area (Å²) >= 11 is 1.54. The van der Waals surface area contributed by atoms with Gasteiger partial charge in [-0.2, -0.15) is 0 Å². The SMILES string of the molecule is CSc1nc(N(c2ccccc2)c2ccc(-n3c4ccccc4c4ccccc43)cc2)cc(N(c2ccccc2)c2ccc(-n3c4ccccc4c4ccccc43)cc2)n1. The molecule has 0 aliphatic carbocycles. The van der Waals surface area contributed by atoms with Crippen LogP contribution in [0.15, 0.2) is 217 Å². The highest BCUT2D eigenvalue weighted by atomic mass is 32.2. The summed E-state index contributed by atoms with van der Waals surface area (Å²) < 4.78 is 4.69. The smallest absolute Gasteiger partial charge is 0.191 e. The standard InChI is InChI=1S/C53H38N6S/c1-60-53-54-51(56(37-16-4-2-5-17-37)39-28-32-41(33-29-39)58-47-24-12-8-20-43(47)44-21-9-13-25-48(44)58)36-52(55-53)57(38-18-6-3-7-19-38)40-30-34-42(35-31-40)59-49-26-14-10-22-45(49)46-23-11-15-27-50(46)59/h2-36H,1H3. The van der Waals surface area contributed by atoms with Gasteiger partial charge >= 0.3 is 0 Å².